The molecule has 0 fully saturated rings. The van der Waals surface area contributed by atoms with Gasteiger partial charge in [0.25, 0.3) is 0 Å². The van der Waals surface area contributed by atoms with E-state index in [-0.39, 0.29) is 5.54 Å². The van der Waals surface area contributed by atoms with E-state index in [9.17, 15) is 0 Å². The molecular weight excluding hydrogens is 284 g/mol. The highest BCUT2D eigenvalue weighted by atomic mass is 35.5. The first kappa shape index (κ1) is 15.6. The summed E-state index contributed by atoms with van der Waals surface area (Å²) in [7, 11) is 0. The lowest BCUT2D eigenvalue weighted by Gasteiger charge is -2.21. The van der Waals surface area contributed by atoms with Crippen molar-refractivity contribution in [3.63, 3.8) is 0 Å². The van der Waals surface area contributed by atoms with Gasteiger partial charge in [-0.3, -0.25) is 0 Å². The standard InChI is InChI=1S/C16H21ClN4/c1-10-6-7-12(9-13(10)17)19-15-18-11(2)8-14(20-15)21-16(3,4)5/h6-9H,1-5H3,(H2,18,19,20,21). The van der Waals surface area contributed by atoms with E-state index in [2.05, 4.69) is 41.4 Å². The SMILES string of the molecule is Cc1cc(NC(C)(C)C)nc(Nc2ccc(C)c(Cl)c2)n1. The predicted molar refractivity (Wildman–Crippen MR) is 89.6 cm³/mol. The Kier molecular flexibility index (Phi) is 4.37. The van der Waals surface area contributed by atoms with Gasteiger partial charge in [-0.15, -0.1) is 0 Å². The van der Waals surface area contributed by atoms with Gasteiger partial charge in [0.15, 0.2) is 0 Å². The van der Waals surface area contributed by atoms with Crippen molar-refractivity contribution in [3.05, 3.63) is 40.5 Å². The number of nitrogens with one attached hydrogen (secondary N) is 2. The van der Waals surface area contributed by atoms with E-state index in [4.69, 9.17) is 11.6 Å². The third-order valence-corrected chi connectivity index (χ3v) is 3.19. The lowest BCUT2D eigenvalue weighted by Crippen LogP contribution is -2.27. The van der Waals surface area contributed by atoms with E-state index < -0.39 is 0 Å². The molecular formula is C16H21ClN4. The van der Waals surface area contributed by atoms with E-state index in [0.717, 1.165) is 27.8 Å². The molecule has 5 heteroatoms. The van der Waals surface area contributed by atoms with Gasteiger partial charge in [0.2, 0.25) is 5.95 Å². The molecule has 0 radical (unpaired) electrons. The van der Waals surface area contributed by atoms with Crippen LogP contribution < -0.4 is 10.6 Å². The van der Waals surface area contributed by atoms with E-state index in [1.165, 1.54) is 0 Å². The normalized spacial score (nSPS) is 11.3. The number of aryl methyl sites for hydroxylation is 2. The zero-order chi connectivity index (χ0) is 15.6. The Hall–Kier alpha value is -1.81. The summed E-state index contributed by atoms with van der Waals surface area (Å²) in [4.78, 5) is 8.90. The minimum atomic E-state index is -0.0504. The summed E-state index contributed by atoms with van der Waals surface area (Å²) in [6, 6.07) is 7.73. The van der Waals surface area contributed by atoms with Crippen LogP contribution in [0.15, 0.2) is 24.3 Å². The molecule has 1 aromatic carbocycles. The van der Waals surface area contributed by atoms with Crippen molar-refractivity contribution >= 4 is 29.1 Å². The van der Waals surface area contributed by atoms with Gasteiger partial charge in [0.1, 0.15) is 5.82 Å². The van der Waals surface area contributed by atoms with Crippen LogP contribution in [0.4, 0.5) is 17.5 Å². The Morgan fingerprint density at radius 1 is 1.05 bits per heavy atom. The molecule has 2 aromatic rings. The monoisotopic (exact) mass is 304 g/mol. The van der Waals surface area contributed by atoms with Crippen LogP contribution in [-0.2, 0) is 0 Å². The first-order valence-corrected chi connectivity index (χ1v) is 7.28. The number of anilines is 3. The molecule has 0 bridgehead atoms. The second-order valence-electron chi connectivity index (χ2n) is 6.18. The fourth-order valence-corrected chi connectivity index (χ4v) is 2.05. The topological polar surface area (TPSA) is 49.8 Å². The maximum Gasteiger partial charge on any atom is 0.229 e. The smallest absolute Gasteiger partial charge is 0.229 e. The van der Waals surface area contributed by atoms with Crippen molar-refractivity contribution < 1.29 is 0 Å². The van der Waals surface area contributed by atoms with Gasteiger partial charge in [0, 0.05) is 28.0 Å². The number of hydrogen-bond donors (Lipinski definition) is 2. The summed E-state index contributed by atoms with van der Waals surface area (Å²) in [5.74, 6) is 1.36. The van der Waals surface area contributed by atoms with Crippen LogP contribution in [0.1, 0.15) is 32.0 Å². The summed E-state index contributed by atoms with van der Waals surface area (Å²) in [6.07, 6.45) is 0. The maximum atomic E-state index is 6.14. The maximum absolute atomic E-state index is 6.14. The van der Waals surface area contributed by atoms with Crippen LogP contribution in [0.3, 0.4) is 0 Å². The van der Waals surface area contributed by atoms with Gasteiger partial charge in [0.05, 0.1) is 0 Å². The van der Waals surface area contributed by atoms with E-state index >= 15 is 0 Å². The number of aromatic nitrogens is 2. The summed E-state index contributed by atoms with van der Waals surface area (Å²) >= 11 is 6.14. The Morgan fingerprint density at radius 2 is 1.76 bits per heavy atom. The molecule has 0 unspecified atom stereocenters. The first-order chi connectivity index (χ1) is 9.73. The molecule has 0 spiro atoms. The average molecular weight is 305 g/mol. The summed E-state index contributed by atoms with van der Waals surface area (Å²) < 4.78 is 0. The van der Waals surface area contributed by atoms with Crippen molar-refractivity contribution in [2.24, 2.45) is 0 Å². The van der Waals surface area contributed by atoms with Gasteiger partial charge in [-0.1, -0.05) is 17.7 Å². The molecule has 1 aromatic heterocycles. The Labute approximate surface area is 131 Å². The average Bonchev–Trinajstić information content (AvgIpc) is 2.31. The number of hydrogen-bond acceptors (Lipinski definition) is 4. The highest BCUT2D eigenvalue weighted by Crippen LogP contribution is 2.23. The zero-order valence-corrected chi connectivity index (χ0v) is 13.8. The quantitative estimate of drug-likeness (QED) is 0.863. The number of rotatable bonds is 3. The third kappa shape index (κ3) is 4.60. The summed E-state index contributed by atoms with van der Waals surface area (Å²) in [5, 5.41) is 7.27. The molecule has 0 amide bonds. The van der Waals surface area contributed by atoms with Gasteiger partial charge >= 0.3 is 0 Å². The Bertz CT molecular complexity index is 647. The molecule has 0 aliphatic rings. The number of nitrogens with zero attached hydrogens (tertiary/aromatic N) is 2. The molecule has 4 nitrogen and oxygen atoms in total. The van der Waals surface area contributed by atoms with E-state index in [1.807, 2.05) is 38.1 Å². The van der Waals surface area contributed by atoms with E-state index in [1.54, 1.807) is 0 Å². The molecule has 21 heavy (non-hydrogen) atoms. The molecule has 2 rings (SSSR count). The van der Waals surface area contributed by atoms with Crippen molar-refractivity contribution in [1.82, 2.24) is 9.97 Å². The second kappa shape index (κ2) is 5.90. The van der Waals surface area contributed by atoms with Gasteiger partial charge in [-0.2, -0.15) is 4.98 Å². The third-order valence-electron chi connectivity index (χ3n) is 2.79. The molecule has 2 N–H and O–H groups in total. The van der Waals surface area contributed by atoms with Crippen LogP contribution >= 0.6 is 11.6 Å². The van der Waals surface area contributed by atoms with Crippen molar-refractivity contribution in [1.29, 1.82) is 0 Å². The lowest BCUT2D eigenvalue weighted by atomic mass is 10.1. The Morgan fingerprint density at radius 3 is 2.38 bits per heavy atom. The highest BCUT2D eigenvalue weighted by Gasteiger charge is 2.12. The molecule has 0 aliphatic heterocycles. The van der Waals surface area contributed by atoms with Crippen LogP contribution in [-0.4, -0.2) is 15.5 Å². The fraction of sp³-hybridized carbons (Fsp3) is 0.375. The minimum absolute atomic E-state index is 0.0504. The van der Waals surface area contributed by atoms with Crippen molar-refractivity contribution in [2.45, 2.75) is 40.2 Å². The molecule has 112 valence electrons. The lowest BCUT2D eigenvalue weighted by molar-refractivity contribution is 0.630. The van der Waals surface area contributed by atoms with Crippen LogP contribution in [0.25, 0.3) is 0 Å². The van der Waals surface area contributed by atoms with Gasteiger partial charge in [-0.25, -0.2) is 4.98 Å². The molecule has 1 heterocycles. The minimum Gasteiger partial charge on any atom is -0.365 e. The predicted octanol–water partition coefficient (Wildman–Crippen LogP) is 4.70. The van der Waals surface area contributed by atoms with Crippen LogP contribution in [0.2, 0.25) is 5.02 Å². The van der Waals surface area contributed by atoms with E-state index in [0.29, 0.717) is 5.95 Å². The van der Waals surface area contributed by atoms with Crippen LogP contribution in [0, 0.1) is 13.8 Å². The number of benzene rings is 1. The van der Waals surface area contributed by atoms with Gasteiger partial charge in [-0.05, 0) is 52.3 Å². The summed E-state index contributed by atoms with van der Waals surface area (Å²) in [5.41, 5.74) is 2.77. The highest BCUT2D eigenvalue weighted by molar-refractivity contribution is 6.31. The largest absolute Gasteiger partial charge is 0.365 e. The van der Waals surface area contributed by atoms with Crippen LogP contribution in [0.5, 0.6) is 0 Å². The first-order valence-electron chi connectivity index (χ1n) is 6.90. The Balaban J connectivity index is 2.25. The molecule has 0 aliphatic carbocycles. The molecule has 0 saturated carbocycles. The molecule has 0 atom stereocenters. The number of halogens is 1. The van der Waals surface area contributed by atoms with Gasteiger partial charge < -0.3 is 10.6 Å². The zero-order valence-electron chi connectivity index (χ0n) is 13.1. The van der Waals surface area contributed by atoms with Crippen molar-refractivity contribution in [2.75, 3.05) is 10.6 Å². The summed E-state index contributed by atoms with van der Waals surface area (Å²) in [6.45, 7) is 10.2. The van der Waals surface area contributed by atoms with Crippen molar-refractivity contribution in [3.8, 4) is 0 Å². The second-order valence-corrected chi connectivity index (χ2v) is 6.59. The molecule has 0 saturated heterocycles. The fourth-order valence-electron chi connectivity index (χ4n) is 1.87.